The molecule has 5 saturated heterocycles. The summed E-state index contributed by atoms with van der Waals surface area (Å²) in [6.07, 6.45) is -33.8. The van der Waals surface area contributed by atoms with Crippen molar-refractivity contribution in [2.24, 2.45) is 45.3 Å². The third-order valence-electron chi connectivity index (χ3n) is 22.8. The Bertz CT molecular complexity index is 2310. The lowest BCUT2D eigenvalue weighted by molar-refractivity contribution is -0.380. The first-order chi connectivity index (χ1) is 41.2. The van der Waals surface area contributed by atoms with Crippen LogP contribution in [0.2, 0.25) is 0 Å². The second kappa shape index (κ2) is 27.4. The zero-order valence-electron chi connectivity index (χ0n) is 51.5. The molecule has 0 amide bonds. The fourth-order valence-electron chi connectivity index (χ4n) is 17.1. The van der Waals surface area contributed by atoms with Crippen molar-refractivity contribution in [3.8, 4) is 0 Å². The highest BCUT2D eigenvalue weighted by Gasteiger charge is 2.68. The highest BCUT2D eigenvalue weighted by atomic mass is 16.8. The molecule has 5 heterocycles. The molecule has 9 aliphatic rings. The van der Waals surface area contributed by atoms with E-state index < -0.39 is 210 Å². The van der Waals surface area contributed by atoms with Gasteiger partial charge < -0.3 is 139 Å². The second-order valence-electron chi connectivity index (χ2n) is 28.6. The Kier molecular flexibility index (Phi) is 22.1. The molecule has 0 aromatic carbocycles. The average Bonchev–Trinajstić information content (AvgIpc) is 1.34. The van der Waals surface area contributed by atoms with Gasteiger partial charge in [-0.05, 0) is 112 Å². The Balaban J connectivity index is 0.872. The molecule has 18 N–H and O–H groups in total. The smallest absolute Gasteiger partial charge is 0.187 e. The van der Waals surface area contributed by atoms with E-state index in [0.717, 1.165) is 38.5 Å². The summed E-state index contributed by atoms with van der Waals surface area (Å²) in [5.41, 5.74) is -1.21. The predicted octanol–water partition coefficient (Wildman–Crippen LogP) is -4.38. The van der Waals surface area contributed by atoms with Crippen LogP contribution in [0.15, 0.2) is 11.6 Å². The van der Waals surface area contributed by atoms with Gasteiger partial charge in [0.1, 0.15) is 122 Å². The molecular weight excluding hydrogens is 1170 g/mol. The van der Waals surface area contributed by atoms with Gasteiger partial charge in [-0.1, -0.05) is 53.2 Å². The van der Waals surface area contributed by atoms with Crippen molar-refractivity contribution >= 4 is 0 Å². The van der Waals surface area contributed by atoms with Crippen LogP contribution in [0.1, 0.15) is 113 Å². The van der Waals surface area contributed by atoms with Gasteiger partial charge >= 0.3 is 0 Å². The summed E-state index contributed by atoms with van der Waals surface area (Å²) in [6.45, 7) is 13.2. The number of aliphatic hydroxyl groups excluding tert-OH is 17. The number of hydrogen-bond donors (Lipinski definition) is 18. The predicted molar refractivity (Wildman–Crippen MR) is 299 cm³/mol. The van der Waals surface area contributed by atoms with Gasteiger partial charge in [-0.2, -0.15) is 0 Å². The molecule has 5 aliphatic heterocycles. The Morgan fingerprint density at radius 2 is 0.966 bits per heavy atom. The van der Waals surface area contributed by atoms with Gasteiger partial charge in [0.2, 0.25) is 0 Å². The molecule has 8 fully saturated rings. The molecular formula is C60H102O28. The van der Waals surface area contributed by atoms with Crippen molar-refractivity contribution in [2.75, 3.05) is 33.0 Å². The van der Waals surface area contributed by atoms with Crippen LogP contribution in [0, 0.1) is 45.3 Å². The number of hydrogen-bond acceptors (Lipinski definition) is 28. The summed E-state index contributed by atoms with van der Waals surface area (Å²) in [4.78, 5) is 0. The number of allylic oxidation sites excluding steroid dienone is 1. The maximum Gasteiger partial charge on any atom is 0.187 e. The van der Waals surface area contributed by atoms with Crippen LogP contribution in [-0.4, -0.2) is 296 Å². The zero-order valence-corrected chi connectivity index (χ0v) is 51.5. The van der Waals surface area contributed by atoms with Gasteiger partial charge in [0.25, 0.3) is 0 Å². The quantitative estimate of drug-likeness (QED) is 0.0512. The third kappa shape index (κ3) is 12.8. The first-order valence-electron chi connectivity index (χ1n) is 31.5. The Morgan fingerprint density at radius 3 is 1.51 bits per heavy atom. The van der Waals surface area contributed by atoms with Crippen LogP contribution >= 0.6 is 0 Å². The normalized spacial score (nSPS) is 51.4. The number of aliphatic hydroxyl groups is 18. The minimum atomic E-state index is -1.93. The van der Waals surface area contributed by atoms with Crippen LogP contribution in [0.3, 0.4) is 0 Å². The van der Waals surface area contributed by atoms with Crippen molar-refractivity contribution < 1.29 is 139 Å². The van der Waals surface area contributed by atoms with E-state index in [4.69, 9.17) is 47.4 Å². The standard InChI is InChI=1S/C60H102O28/c1-24(9-13-35(57(4,5)78)86-55-50(88-54-47(76)42(71)38(67)30(21-63)82-54)43(72)39(68)32(84-55)23-79-51-45(74)40(69)36(65)28(19-61)80-51)25-15-16-60(8)33-12-10-26-27(58(33,6)17-18-59(25,60)7)11-14-34(56(26,2)3)85-52-48(77)44(73)49(31(22-64)83-52)87-53-46(75)41(70)37(66)29(20-62)81-53/h10,24-25,27-55,61-78H,9,11-23H2,1-8H3/t24?,25-,27?,28-,29-,30-,31-,32-,33?,34+,35?,36-,37-,38-,39-,40+,41+,42+,43+,44-,45-,46-,47-,48-,49-,50-,51-,52+,53+,54+,55+,58+,59-,60+/m1/s1. The Labute approximate surface area is 512 Å². The monoisotopic (exact) mass is 1270 g/mol. The first-order valence-corrected chi connectivity index (χ1v) is 31.5. The number of fused-ring (bicyclic) bond motifs is 5. The lowest BCUT2D eigenvalue weighted by atomic mass is 9.39. The molecule has 0 aromatic heterocycles. The van der Waals surface area contributed by atoms with E-state index in [2.05, 4.69) is 47.6 Å². The summed E-state index contributed by atoms with van der Waals surface area (Å²) < 4.78 is 59.7. The van der Waals surface area contributed by atoms with Gasteiger partial charge in [0, 0.05) is 5.41 Å². The summed E-state index contributed by atoms with van der Waals surface area (Å²) in [7, 11) is 0. The molecule has 28 nitrogen and oxygen atoms in total. The molecule has 9 rings (SSSR count). The topological polar surface area (TPSA) is 456 Å². The van der Waals surface area contributed by atoms with Gasteiger partial charge in [-0.25, -0.2) is 0 Å². The van der Waals surface area contributed by atoms with Crippen molar-refractivity contribution in [3.63, 3.8) is 0 Å². The maximum atomic E-state index is 11.8. The summed E-state index contributed by atoms with van der Waals surface area (Å²) in [5.74, 6) is 0.828. The van der Waals surface area contributed by atoms with E-state index in [9.17, 15) is 91.9 Å². The van der Waals surface area contributed by atoms with E-state index in [0.29, 0.717) is 18.8 Å². The minimum absolute atomic E-state index is 0.0854. The second-order valence-corrected chi connectivity index (χ2v) is 28.6. The highest BCUT2D eigenvalue weighted by Crippen LogP contribution is 2.75. The molecule has 0 bridgehead atoms. The van der Waals surface area contributed by atoms with Gasteiger partial charge in [0.15, 0.2) is 31.5 Å². The molecule has 4 aliphatic carbocycles. The van der Waals surface area contributed by atoms with E-state index in [1.54, 1.807) is 13.8 Å². The zero-order chi connectivity index (χ0) is 64.7. The molecule has 3 saturated carbocycles. The van der Waals surface area contributed by atoms with E-state index >= 15 is 0 Å². The Hall–Kier alpha value is -1.38. The molecule has 510 valence electrons. The number of ether oxygens (including phenoxy) is 10. The lowest BCUT2D eigenvalue weighted by Crippen LogP contribution is -2.65. The summed E-state index contributed by atoms with van der Waals surface area (Å²) in [6, 6.07) is 0. The molecule has 34 atom stereocenters. The lowest BCUT2D eigenvalue weighted by Gasteiger charge is -2.66. The maximum absolute atomic E-state index is 11.8. The SMILES string of the molecule is CC(CCC(O[C@@H]1O[C@H](CO[C@@H]2O[C@H](CO)[C@@H](O)[C@H](O)[C@H]2O)[C@@H](O)[C@H](O)[C@H]1O[C@@H]1O[C@H](CO)[C@@H](O)[C@H](O)[C@H]1O)C(C)(C)O)[C@H]1CC[C@@]2(C)C3CC=C4C(CC[C@H](O[C@@H]5O[C@H](CO)[C@@H](O[C@@H]6O[C@H](CO)[C@@H](O)[C@H](O)[C@H]6O)[C@H](O)[C@H]5O)C4(C)C)[C@]3(C)CC[C@]12C. The van der Waals surface area contributed by atoms with Gasteiger partial charge in [-0.3, -0.25) is 0 Å². The van der Waals surface area contributed by atoms with Crippen molar-refractivity contribution in [3.05, 3.63) is 11.6 Å². The largest absolute Gasteiger partial charge is 0.394 e. The molecule has 0 spiro atoms. The molecule has 88 heavy (non-hydrogen) atoms. The highest BCUT2D eigenvalue weighted by molar-refractivity contribution is 5.30. The fraction of sp³-hybridized carbons (Fsp3) is 0.967. The van der Waals surface area contributed by atoms with Gasteiger partial charge in [-0.15, -0.1) is 0 Å². The molecule has 4 unspecified atom stereocenters. The van der Waals surface area contributed by atoms with Crippen LogP contribution in [0.5, 0.6) is 0 Å². The van der Waals surface area contributed by atoms with Crippen LogP contribution in [0.25, 0.3) is 0 Å². The number of rotatable bonds is 20. The van der Waals surface area contributed by atoms with E-state index in [-0.39, 0.29) is 40.4 Å². The van der Waals surface area contributed by atoms with Crippen molar-refractivity contribution in [1.82, 2.24) is 0 Å². The molecule has 0 radical (unpaired) electrons. The van der Waals surface area contributed by atoms with E-state index in [1.807, 2.05) is 0 Å². The molecule has 0 aromatic rings. The third-order valence-corrected chi connectivity index (χ3v) is 22.8. The molecule has 28 heteroatoms. The van der Waals surface area contributed by atoms with E-state index in [1.165, 1.54) is 5.57 Å². The van der Waals surface area contributed by atoms with Crippen molar-refractivity contribution in [1.29, 1.82) is 0 Å². The fourth-order valence-corrected chi connectivity index (χ4v) is 17.1. The summed E-state index contributed by atoms with van der Waals surface area (Å²) in [5, 5.41) is 193. The van der Waals surface area contributed by atoms with Gasteiger partial charge in [0.05, 0.1) is 50.8 Å². The Morgan fingerprint density at radius 1 is 0.500 bits per heavy atom. The van der Waals surface area contributed by atoms with Crippen molar-refractivity contribution in [2.45, 2.75) is 285 Å². The summed E-state index contributed by atoms with van der Waals surface area (Å²) >= 11 is 0. The average molecular weight is 1270 g/mol. The van der Waals surface area contributed by atoms with Crippen LogP contribution in [0.4, 0.5) is 0 Å². The van der Waals surface area contributed by atoms with Crippen LogP contribution < -0.4 is 0 Å². The minimum Gasteiger partial charge on any atom is -0.394 e. The first kappa shape index (κ1) is 70.9. The van der Waals surface area contributed by atoms with Crippen LogP contribution in [-0.2, 0) is 47.4 Å².